The van der Waals surface area contributed by atoms with Gasteiger partial charge in [-0.1, -0.05) is 26.2 Å². The molecule has 0 aromatic heterocycles. The molecule has 0 atom stereocenters. The van der Waals surface area contributed by atoms with Crippen LogP contribution in [0.25, 0.3) is 0 Å². The van der Waals surface area contributed by atoms with E-state index in [0.29, 0.717) is 23.8 Å². The molecule has 1 saturated carbocycles. The molecule has 5 nitrogen and oxygen atoms in total. The summed E-state index contributed by atoms with van der Waals surface area (Å²) in [5.74, 6) is -0.0998. The number of hydrogen-bond acceptors (Lipinski definition) is 3. The summed E-state index contributed by atoms with van der Waals surface area (Å²) < 4.78 is 0. The Balaban J connectivity index is 1.81. The largest absolute Gasteiger partial charge is 0.349 e. The second kappa shape index (κ2) is 9.30. The van der Waals surface area contributed by atoms with Crippen LogP contribution in [0, 0.1) is 0 Å². The molecule has 0 bridgehead atoms. The zero-order chi connectivity index (χ0) is 16.5. The Labute approximate surface area is 138 Å². The van der Waals surface area contributed by atoms with Crippen LogP contribution >= 0.6 is 0 Å². The van der Waals surface area contributed by atoms with Crippen LogP contribution in [0.15, 0.2) is 24.3 Å². The fraction of sp³-hybridized carbons (Fsp3) is 0.556. The van der Waals surface area contributed by atoms with Crippen molar-refractivity contribution in [3.05, 3.63) is 29.8 Å². The molecule has 3 N–H and O–H groups in total. The molecule has 1 aliphatic rings. The molecule has 2 amide bonds. The SMILES string of the molecule is CCCNCC(=O)Nc1ccc(C(=O)NC2CCCCC2)cc1. The number of carbonyl (C=O) groups is 2. The van der Waals surface area contributed by atoms with Gasteiger partial charge in [0, 0.05) is 17.3 Å². The number of nitrogens with one attached hydrogen (secondary N) is 3. The topological polar surface area (TPSA) is 70.2 Å². The standard InChI is InChI=1S/C18H27N3O2/c1-2-12-19-13-17(22)20-16-10-8-14(9-11-16)18(23)21-15-6-4-3-5-7-15/h8-11,15,19H,2-7,12-13H2,1H3,(H,20,22)(H,21,23). The average Bonchev–Trinajstić information content (AvgIpc) is 2.56. The Morgan fingerprint density at radius 2 is 1.78 bits per heavy atom. The monoisotopic (exact) mass is 317 g/mol. The summed E-state index contributed by atoms with van der Waals surface area (Å²) in [6, 6.07) is 7.36. The smallest absolute Gasteiger partial charge is 0.251 e. The molecule has 1 aromatic rings. The molecule has 1 aromatic carbocycles. The first-order valence-corrected chi connectivity index (χ1v) is 8.60. The van der Waals surface area contributed by atoms with E-state index in [2.05, 4.69) is 22.9 Å². The Kier molecular flexibility index (Phi) is 7.07. The van der Waals surface area contributed by atoms with Crippen molar-refractivity contribution in [2.75, 3.05) is 18.4 Å². The van der Waals surface area contributed by atoms with E-state index in [1.54, 1.807) is 24.3 Å². The van der Waals surface area contributed by atoms with Crippen LogP contribution in [-0.2, 0) is 4.79 Å². The molecule has 0 heterocycles. The van der Waals surface area contributed by atoms with Gasteiger partial charge in [0.1, 0.15) is 0 Å². The van der Waals surface area contributed by atoms with Gasteiger partial charge in [0.2, 0.25) is 5.91 Å². The molecule has 5 heteroatoms. The highest BCUT2D eigenvalue weighted by Gasteiger charge is 2.16. The lowest BCUT2D eigenvalue weighted by Crippen LogP contribution is -2.36. The highest BCUT2D eigenvalue weighted by atomic mass is 16.2. The number of anilines is 1. The predicted molar refractivity (Wildman–Crippen MR) is 92.6 cm³/mol. The Bertz CT molecular complexity index is 508. The third-order valence-electron chi connectivity index (χ3n) is 4.08. The van der Waals surface area contributed by atoms with Gasteiger partial charge in [-0.05, 0) is 50.1 Å². The van der Waals surface area contributed by atoms with Gasteiger partial charge in [-0.15, -0.1) is 0 Å². The van der Waals surface area contributed by atoms with Crippen LogP contribution in [0.5, 0.6) is 0 Å². The van der Waals surface area contributed by atoms with E-state index in [1.165, 1.54) is 19.3 Å². The molecule has 0 spiro atoms. The number of benzene rings is 1. The summed E-state index contributed by atoms with van der Waals surface area (Å²) in [4.78, 5) is 23.9. The van der Waals surface area contributed by atoms with Crippen molar-refractivity contribution < 1.29 is 9.59 Å². The van der Waals surface area contributed by atoms with Crippen molar-refractivity contribution in [1.82, 2.24) is 10.6 Å². The van der Waals surface area contributed by atoms with E-state index in [0.717, 1.165) is 25.8 Å². The van der Waals surface area contributed by atoms with Gasteiger partial charge >= 0.3 is 0 Å². The molecule has 0 unspecified atom stereocenters. The fourth-order valence-electron chi connectivity index (χ4n) is 2.80. The van der Waals surface area contributed by atoms with Crippen molar-refractivity contribution in [2.45, 2.75) is 51.5 Å². The fourth-order valence-corrected chi connectivity index (χ4v) is 2.80. The molecule has 0 saturated heterocycles. The zero-order valence-electron chi connectivity index (χ0n) is 13.9. The van der Waals surface area contributed by atoms with Crippen molar-refractivity contribution in [2.24, 2.45) is 0 Å². The summed E-state index contributed by atoms with van der Waals surface area (Å²) in [5, 5.41) is 8.96. The highest BCUT2D eigenvalue weighted by Crippen LogP contribution is 2.18. The van der Waals surface area contributed by atoms with Crippen LogP contribution < -0.4 is 16.0 Å². The predicted octanol–water partition coefficient (Wildman–Crippen LogP) is 2.69. The first kappa shape index (κ1) is 17.5. The molecule has 23 heavy (non-hydrogen) atoms. The van der Waals surface area contributed by atoms with Gasteiger partial charge in [-0.2, -0.15) is 0 Å². The first-order valence-electron chi connectivity index (χ1n) is 8.60. The number of carbonyl (C=O) groups excluding carboxylic acids is 2. The second-order valence-corrected chi connectivity index (χ2v) is 6.11. The molecule has 1 fully saturated rings. The highest BCUT2D eigenvalue weighted by molar-refractivity contribution is 5.96. The third kappa shape index (κ3) is 6.02. The Morgan fingerprint density at radius 1 is 1.09 bits per heavy atom. The maximum Gasteiger partial charge on any atom is 0.251 e. The van der Waals surface area contributed by atoms with Gasteiger partial charge in [0.15, 0.2) is 0 Å². The maximum absolute atomic E-state index is 12.2. The minimum atomic E-state index is -0.0714. The lowest BCUT2D eigenvalue weighted by molar-refractivity contribution is -0.115. The number of rotatable bonds is 7. The van der Waals surface area contributed by atoms with E-state index in [9.17, 15) is 9.59 Å². The summed E-state index contributed by atoms with van der Waals surface area (Å²) in [7, 11) is 0. The molecule has 2 rings (SSSR count). The van der Waals surface area contributed by atoms with E-state index < -0.39 is 0 Å². The molecule has 1 aliphatic carbocycles. The van der Waals surface area contributed by atoms with Gasteiger partial charge < -0.3 is 16.0 Å². The normalized spacial score (nSPS) is 15.2. The minimum absolute atomic E-state index is 0.0283. The lowest BCUT2D eigenvalue weighted by Gasteiger charge is -2.22. The molecule has 0 aliphatic heterocycles. The number of amides is 2. The molecular formula is C18H27N3O2. The Hall–Kier alpha value is -1.88. The first-order chi connectivity index (χ1) is 11.2. The van der Waals surface area contributed by atoms with E-state index >= 15 is 0 Å². The van der Waals surface area contributed by atoms with E-state index in [4.69, 9.17) is 0 Å². The average molecular weight is 317 g/mol. The van der Waals surface area contributed by atoms with Crippen LogP contribution in [0.1, 0.15) is 55.8 Å². The molecular weight excluding hydrogens is 290 g/mol. The minimum Gasteiger partial charge on any atom is -0.349 e. The van der Waals surface area contributed by atoms with Crippen molar-refractivity contribution >= 4 is 17.5 Å². The van der Waals surface area contributed by atoms with Gasteiger partial charge in [0.05, 0.1) is 6.54 Å². The van der Waals surface area contributed by atoms with Crippen molar-refractivity contribution in [3.63, 3.8) is 0 Å². The summed E-state index contributed by atoms with van der Waals surface area (Å²) in [6.07, 6.45) is 6.81. The quantitative estimate of drug-likeness (QED) is 0.677. The summed E-state index contributed by atoms with van der Waals surface area (Å²) in [5.41, 5.74) is 1.35. The van der Waals surface area contributed by atoms with Gasteiger partial charge in [-0.25, -0.2) is 0 Å². The number of hydrogen-bond donors (Lipinski definition) is 3. The van der Waals surface area contributed by atoms with Crippen molar-refractivity contribution in [3.8, 4) is 0 Å². The maximum atomic E-state index is 12.2. The lowest BCUT2D eigenvalue weighted by atomic mass is 9.95. The third-order valence-corrected chi connectivity index (χ3v) is 4.08. The van der Waals surface area contributed by atoms with Crippen LogP contribution in [-0.4, -0.2) is 30.9 Å². The summed E-state index contributed by atoms with van der Waals surface area (Å²) >= 11 is 0. The van der Waals surface area contributed by atoms with Gasteiger partial charge in [0.25, 0.3) is 5.91 Å². The van der Waals surface area contributed by atoms with E-state index in [-0.39, 0.29) is 11.8 Å². The van der Waals surface area contributed by atoms with Crippen LogP contribution in [0.3, 0.4) is 0 Å². The van der Waals surface area contributed by atoms with Crippen molar-refractivity contribution in [1.29, 1.82) is 0 Å². The molecule has 126 valence electrons. The van der Waals surface area contributed by atoms with Crippen LogP contribution in [0.4, 0.5) is 5.69 Å². The summed E-state index contributed by atoms with van der Waals surface area (Å²) in [6.45, 7) is 3.19. The zero-order valence-corrected chi connectivity index (χ0v) is 13.9. The van der Waals surface area contributed by atoms with Gasteiger partial charge in [-0.3, -0.25) is 9.59 Å². The second-order valence-electron chi connectivity index (χ2n) is 6.11. The van der Waals surface area contributed by atoms with Crippen LogP contribution in [0.2, 0.25) is 0 Å². The van der Waals surface area contributed by atoms with E-state index in [1.807, 2.05) is 0 Å². The Morgan fingerprint density at radius 3 is 2.43 bits per heavy atom. The molecule has 0 radical (unpaired) electrons.